The summed E-state index contributed by atoms with van der Waals surface area (Å²) in [5.74, 6) is 0. The molecule has 0 spiro atoms. The van der Waals surface area contributed by atoms with Gasteiger partial charge in [0.1, 0.15) is 11.4 Å². The quantitative estimate of drug-likeness (QED) is 0.392. The zero-order valence-electron chi connectivity index (χ0n) is 10.3. The number of quaternary nitrogens is 2. The van der Waals surface area contributed by atoms with Crippen LogP contribution in [0.15, 0.2) is 60.7 Å². The van der Waals surface area contributed by atoms with E-state index >= 15 is 0 Å². The summed E-state index contributed by atoms with van der Waals surface area (Å²) < 4.78 is 10.3. The van der Waals surface area contributed by atoms with E-state index in [1.807, 2.05) is 60.7 Å². The fourth-order valence-corrected chi connectivity index (χ4v) is 0.956. The van der Waals surface area contributed by atoms with Crippen LogP contribution in [-0.2, 0) is 0 Å². The highest BCUT2D eigenvalue weighted by molar-refractivity contribution is 6.43. The molecule has 0 aliphatic rings. The molecule has 0 aromatic heterocycles. The van der Waals surface area contributed by atoms with E-state index in [0.717, 1.165) is 11.4 Å². The van der Waals surface area contributed by atoms with Crippen LogP contribution in [0.4, 0.5) is 15.5 Å². The van der Waals surface area contributed by atoms with Crippen molar-refractivity contribution in [1.82, 2.24) is 0 Å². The fourth-order valence-electron chi connectivity index (χ4n) is 0.956. The average Bonchev–Trinajstić information content (AvgIpc) is 2.29. The second kappa shape index (κ2) is 9.33. The maximum Gasteiger partial charge on any atom is 0.201 e. The van der Waals surface area contributed by atoms with Gasteiger partial charge in [-0.2, -0.15) is 0 Å². The Hall–Kier alpha value is -1.61. The lowest BCUT2D eigenvalue weighted by Crippen LogP contribution is -2.58. The van der Waals surface area contributed by atoms with Gasteiger partial charge in [-0.25, -0.2) is 0 Å². The molecular formula is C12H17FN2O3Si. The van der Waals surface area contributed by atoms with Crippen molar-refractivity contribution in [3.63, 3.8) is 0 Å². The topological polar surface area (TPSA) is 122 Å². The Balaban J connectivity index is 0.000000261. The molecule has 0 aliphatic carbocycles. The monoisotopic (exact) mass is 284 g/mol. The molecule has 0 bridgehead atoms. The highest BCUT2D eigenvalue weighted by atomic mass is 28.4. The van der Waals surface area contributed by atoms with Crippen molar-refractivity contribution < 1.29 is 30.0 Å². The van der Waals surface area contributed by atoms with Gasteiger partial charge in [-0.15, -0.1) is 0 Å². The standard InChI is InChI=1S/2C6H7N.FHO3Si/c2*7-6-4-2-1-3-5-6;1-5(2,3)4/h2*1-5H,7H2;2H/q;;-2/p+2. The van der Waals surface area contributed by atoms with E-state index in [-0.39, 0.29) is 0 Å². The van der Waals surface area contributed by atoms with Gasteiger partial charge in [0, 0.05) is 0 Å². The summed E-state index contributed by atoms with van der Waals surface area (Å²) in [6.07, 6.45) is 0. The Kier molecular flexibility index (Phi) is 8.54. The van der Waals surface area contributed by atoms with Crippen LogP contribution < -0.4 is 21.1 Å². The Morgan fingerprint density at radius 1 is 0.789 bits per heavy atom. The summed E-state index contributed by atoms with van der Waals surface area (Å²) >= 11 is 0. The number of rotatable bonds is 0. The lowest BCUT2D eigenvalue weighted by Gasteiger charge is -2.26. The normalized spacial score (nSPS) is 9.58. The summed E-state index contributed by atoms with van der Waals surface area (Å²) in [5, 5.41) is 0. The summed E-state index contributed by atoms with van der Waals surface area (Å²) in [6, 6.07) is 19.7. The maximum atomic E-state index is 10.3. The number of benzene rings is 2. The van der Waals surface area contributed by atoms with E-state index in [9.17, 15) is 4.11 Å². The zero-order valence-corrected chi connectivity index (χ0v) is 11.3. The van der Waals surface area contributed by atoms with E-state index < -0.39 is 9.14 Å². The van der Waals surface area contributed by atoms with Gasteiger partial charge in [-0.3, -0.25) is 0 Å². The van der Waals surface area contributed by atoms with E-state index in [2.05, 4.69) is 11.5 Å². The first-order valence-electron chi connectivity index (χ1n) is 5.35. The summed E-state index contributed by atoms with van der Waals surface area (Å²) in [5.41, 5.74) is 9.58. The predicted octanol–water partition coefficient (Wildman–Crippen LogP) is -1.78. The predicted molar refractivity (Wildman–Crippen MR) is 67.1 cm³/mol. The lowest BCUT2D eigenvalue weighted by atomic mass is 10.3. The largest absolute Gasteiger partial charge is 0.825 e. The first-order chi connectivity index (χ1) is 8.79. The van der Waals surface area contributed by atoms with Crippen LogP contribution in [0, 0.1) is 0 Å². The van der Waals surface area contributed by atoms with E-state index in [4.69, 9.17) is 14.4 Å². The van der Waals surface area contributed by atoms with Gasteiger partial charge in [0.2, 0.25) is 9.14 Å². The fraction of sp³-hybridized carbons (Fsp3) is 0. The Bertz CT molecular complexity index is 394. The van der Waals surface area contributed by atoms with Crippen molar-refractivity contribution in [2.75, 3.05) is 0 Å². The summed E-state index contributed by atoms with van der Waals surface area (Å²) in [7, 11) is -5.61. The molecule has 104 valence electrons. The molecule has 0 saturated heterocycles. The van der Waals surface area contributed by atoms with Crippen LogP contribution in [0.1, 0.15) is 0 Å². The SMILES string of the molecule is [NH3+]c1ccccc1.[NH3+]c1ccccc1.[O-][Si]([O-])(O)F. The van der Waals surface area contributed by atoms with Crippen molar-refractivity contribution in [3.8, 4) is 0 Å². The molecule has 19 heavy (non-hydrogen) atoms. The van der Waals surface area contributed by atoms with E-state index in [1.165, 1.54) is 0 Å². The molecule has 7 heteroatoms. The molecule has 0 aliphatic heterocycles. The summed E-state index contributed by atoms with van der Waals surface area (Å²) in [6.45, 7) is 0. The van der Waals surface area contributed by atoms with Crippen LogP contribution in [-0.4, -0.2) is 13.9 Å². The second-order valence-corrected chi connectivity index (χ2v) is 4.49. The molecule has 0 unspecified atom stereocenters. The lowest BCUT2D eigenvalue weighted by molar-refractivity contribution is -0.422. The molecule has 0 amide bonds. The van der Waals surface area contributed by atoms with Crippen LogP contribution in [0.2, 0.25) is 0 Å². The molecular weight excluding hydrogens is 267 g/mol. The van der Waals surface area contributed by atoms with Crippen LogP contribution >= 0.6 is 0 Å². The third-order valence-corrected chi connectivity index (χ3v) is 1.69. The maximum absolute atomic E-state index is 10.3. The van der Waals surface area contributed by atoms with Crippen LogP contribution in [0.25, 0.3) is 0 Å². The Morgan fingerprint density at radius 3 is 1.11 bits per heavy atom. The van der Waals surface area contributed by atoms with Gasteiger partial charge in [0.15, 0.2) is 0 Å². The highest BCUT2D eigenvalue weighted by Gasteiger charge is 1.85. The van der Waals surface area contributed by atoms with E-state index in [0.29, 0.717) is 0 Å². The van der Waals surface area contributed by atoms with Crippen molar-refractivity contribution in [1.29, 1.82) is 0 Å². The van der Waals surface area contributed by atoms with Gasteiger partial charge in [0.25, 0.3) is 0 Å². The molecule has 2 aromatic rings. The molecule has 0 fully saturated rings. The molecule has 7 N–H and O–H groups in total. The molecule has 2 rings (SSSR count). The molecule has 0 atom stereocenters. The zero-order chi connectivity index (χ0) is 14.7. The minimum Gasteiger partial charge on any atom is -0.825 e. The molecule has 5 nitrogen and oxygen atoms in total. The molecule has 0 radical (unpaired) electrons. The molecule has 0 saturated carbocycles. The minimum absolute atomic E-state index is 1.07. The van der Waals surface area contributed by atoms with Crippen molar-refractivity contribution in [2.45, 2.75) is 0 Å². The van der Waals surface area contributed by atoms with Crippen LogP contribution in [0.5, 0.6) is 0 Å². The second-order valence-electron chi connectivity index (χ2n) is 3.48. The smallest absolute Gasteiger partial charge is 0.201 e. The van der Waals surface area contributed by atoms with Gasteiger partial charge in [-0.05, 0) is 24.3 Å². The number of hydrogen-bond acceptors (Lipinski definition) is 3. The first-order valence-corrected chi connectivity index (χ1v) is 6.99. The number of hydrogen-bond donors (Lipinski definition) is 3. The Labute approximate surface area is 112 Å². The van der Waals surface area contributed by atoms with Gasteiger partial charge in [-0.1, -0.05) is 36.4 Å². The first kappa shape index (κ1) is 17.4. The third kappa shape index (κ3) is 16.4. The van der Waals surface area contributed by atoms with Crippen LogP contribution in [0.3, 0.4) is 0 Å². The summed E-state index contributed by atoms with van der Waals surface area (Å²) in [4.78, 5) is 24.0. The van der Waals surface area contributed by atoms with Gasteiger partial charge >= 0.3 is 0 Å². The molecule has 2 aromatic carbocycles. The highest BCUT2D eigenvalue weighted by Crippen LogP contribution is 1.93. The Morgan fingerprint density at radius 2 is 1.00 bits per heavy atom. The van der Waals surface area contributed by atoms with Crippen molar-refractivity contribution >= 4 is 20.5 Å². The van der Waals surface area contributed by atoms with Crippen molar-refractivity contribution in [2.24, 2.45) is 0 Å². The van der Waals surface area contributed by atoms with Gasteiger partial charge in [0.05, 0.1) is 0 Å². The molecule has 0 heterocycles. The van der Waals surface area contributed by atoms with Crippen molar-refractivity contribution in [3.05, 3.63) is 60.7 Å². The average molecular weight is 284 g/mol. The minimum atomic E-state index is -5.61. The van der Waals surface area contributed by atoms with Gasteiger partial charge < -0.3 is 30.0 Å². The van der Waals surface area contributed by atoms with E-state index in [1.54, 1.807) is 0 Å². The third-order valence-electron chi connectivity index (χ3n) is 1.69. The number of halogens is 1.